The molecule has 0 saturated heterocycles. The Bertz CT molecular complexity index is 1240. The van der Waals surface area contributed by atoms with Crippen LogP contribution in [0.5, 0.6) is 5.75 Å². The zero-order valence-corrected chi connectivity index (χ0v) is 18.6. The first-order valence-corrected chi connectivity index (χ1v) is 12.0. The largest absolute Gasteiger partial charge is 0.482 e. The van der Waals surface area contributed by atoms with Crippen LogP contribution in [0, 0.1) is 6.92 Å². The molecule has 0 amide bonds. The molecule has 0 heterocycles. The van der Waals surface area contributed by atoms with Crippen molar-refractivity contribution in [3.05, 3.63) is 83.4 Å². The molecule has 3 aromatic carbocycles. The topological polar surface area (TPSA) is 92.7 Å². The Kier molecular flexibility index (Phi) is 6.30. The maximum Gasteiger partial charge on any atom is 0.341 e. The van der Waals surface area contributed by atoms with Gasteiger partial charge in [-0.2, -0.15) is 0 Å². The van der Waals surface area contributed by atoms with E-state index < -0.39 is 28.6 Å². The summed E-state index contributed by atoms with van der Waals surface area (Å²) in [7, 11) is -3.73. The lowest BCUT2D eigenvalue weighted by molar-refractivity contribution is -0.139. The van der Waals surface area contributed by atoms with E-state index in [1.165, 1.54) is 0 Å². The highest BCUT2D eigenvalue weighted by molar-refractivity contribution is 7.89. The quantitative estimate of drug-likeness (QED) is 0.552. The van der Waals surface area contributed by atoms with E-state index in [0.29, 0.717) is 18.6 Å². The normalized spacial score (nSPS) is 15.7. The molecule has 0 fully saturated rings. The number of ether oxygens (including phenoxy) is 1. The number of carbonyl (C=O) groups is 1. The number of benzene rings is 3. The molecule has 7 heteroatoms. The van der Waals surface area contributed by atoms with Gasteiger partial charge in [0.05, 0.1) is 4.90 Å². The second kappa shape index (κ2) is 9.14. The molecule has 166 valence electrons. The highest BCUT2D eigenvalue weighted by Crippen LogP contribution is 2.36. The second-order valence-corrected chi connectivity index (χ2v) is 9.68. The molecule has 2 N–H and O–H groups in total. The third-order valence-corrected chi connectivity index (χ3v) is 7.12. The predicted octanol–water partition coefficient (Wildman–Crippen LogP) is 4.48. The molecule has 0 spiro atoms. The maximum atomic E-state index is 13.1. The minimum Gasteiger partial charge on any atom is -0.482 e. The van der Waals surface area contributed by atoms with Crippen molar-refractivity contribution in [2.75, 3.05) is 6.61 Å². The van der Waals surface area contributed by atoms with E-state index in [2.05, 4.69) is 10.8 Å². The van der Waals surface area contributed by atoms with Crippen molar-refractivity contribution >= 4 is 16.0 Å². The SMILES string of the molecule is Cc1cccc(-c2ccc(S(=O)(=O)N[C@@H]3CCCc4c(OCC(=O)O)cccc43)cc2)c1. The van der Waals surface area contributed by atoms with Crippen LogP contribution in [0.4, 0.5) is 0 Å². The summed E-state index contributed by atoms with van der Waals surface area (Å²) in [5.41, 5.74) is 4.83. The van der Waals surface area contributed by atoms with Crippen LogP contribution < -0.4 is 9.46 Å². The van der Waals surface area contributed by atoms with Crippen molar-refractivity contribution in [3.8, 4) is 16.9 Å². The molecule has 4 rings (SSSR count). The summed E-state index contributed by atoms with van der Waals surface area (Å²) in [6.07, 6.45) is 2.16. The van der Waals surface area contributed by atoms with Crippen molar-refractivity contribution < 1.29 is 23.1 Å². The lowest BCUT2D eigenvalue weighted by atomic mass is 9.87. The average Bonchev–Trinajstić information content (AvgIpc) is 2.78. The van der Waals surface area contributed by atoms with Crippen molar-refractivity contribution in [1.29, 1.82) is 0 Å². The summed E-state index contributed by atoms with van der Waals surface area (Å²) in [6, 6.07) is 19.9. The van der Waals surface area contributed by atoms with E-state index in [4.69, 9.17) is 9.84 Å². The maximum absolute atomic E-state index is 13.1. The van der Waals surface area contributed by atoms with E-state index in [-0.39, 0.29) is 4.90 Å². The minimum atomic E-state index is -3.73. The van der Waals surface area contributed by atoms with Gasteiger partial charge < -0.3 is 9.84 Å². The van der Waals surface area contributed by atoms with Crippen LogP contribution >= 0.6 is 0 Å². The molecule has 32 heavy (non-hydrogen) atoms. The molecular weight excluding hydrogens is 426 g/mol. The number of aryl methyl sites for hydroxylation is 1. The predicted molar refractivity (Wildman–Crippen MR) is 122 cm³/mol. The van der Waals surface area contributed by atoms with E-state index in [1.54, 1.807) is 24.3 Å². The Morgan fingerprint density at radius 3 is 2.53 bits per heavy atom. The van der Waals surface area contributed by atoms with E-state index in [9.17, 15) is 13.2 Å². The Hall–Kier alpha value is -3.16. The molecule has 1 atom stereocenters. The summed E-state index contributed by atoms with van der Waals surface area (Å²) in [6.45, 7) is 1.59. The third-order valence-electron chi connectivity index (χ3n) is 5.63. The Labute approximate surface area is 187 Å². The number of rotatable bonds is 7. The molecule has 1 aliphatic rings. The van der Waals surface area contributed by atoms with Crippen LogP contribution in [0.15, 0.2) is 71.6 Å². The van der Waals surface area contributed by atoms with Gasteiger partial charge in [0.25, 0.3) is 0 Å². The van der Waals surface area contributed by atoms with E-state index in [1.807, 2.05) is 43.3 Å². The summed E-state index contributed by atoms with van der Waals surface area (Å²) < 4.78 is 34.4. The van der Waals surface area contributed by atoms with Gasteiger partial charge in [-0.3, -0.25) is 0 Å². The highest BCUT2D eigenvalue weighted by Gasteiger charge is 2.27. The van der Waals surface area contributed by atoms with Gasteiger partial charge >= 0.3 is 5.97 Å². The third kappa shape index (κ3) is 4.84. The first kappa shape index (κ1) is 22.0. The number of aliphatic carboxylic acids is 1. The molecule has 0 radical (unpaired) electrons. The molecule has 1 aliphatic carbocycles. The molecule has 0 aliphatic heterocycles. The molecular formula is C25H25NO5S. The van der Waals surface area contributed by atoms with Crippen molar-refractivity contribution in [1.82, 2.24) is 4.72 Å². The number of fused-ring (bicyclic) bond motifs is 1. The van der Waals surface area contributed by atoms with Gasteiger partial charge in [-0.25, -0.2) is 17.9 Å². The number of hydrogen-bond acceptors (Lipinski definition) is 4. The average molecular weight is 452 g/mol. The summed E-state index contributed by atoms with van der Waals surface area (Å²) >= 11 is 0. The van der Waals surface area contributed by atoms with Gasteiger partial charge in [0.15, 0.2) is 6.61 Å². The zero-order chi connectivity index (χ0) is 22.7. The second-order valence-electron chi connectivity index (χ2n) is 7.97. The smallest absolute Gasteiger partial charge is 0.341 e. The Balaban J connectivity index is 1.56. The van der Waals surface area contributed by atoms with Crippen LogP contribution in [0.2, 0.25) is 0 Å². The molecule has 0 unspecified atom stereocenters. The lowest BCUT2D eigenvalue weighted by Gasteiger charge is -2.27. The van der Waals surface area contributed by atoms with Crippen molar-refractivity contribution in [3.63, 3.8) is 0 Å². The number of hydrogen-bond donors (Lipinski definition) is 2. The molecule has 3 aromatic rings. The summed E-state index contributed by atoms with van der Waals surface area (Å²) in [4.78, 5) is 11.1. The monoisotopic (exact) mass is 451 g/mol. The number of carboxylic acids is 1. The molecule has 6 nitrogen and oxygen atoms in total. The van der Waals surface area contributed by atoms with E-state index in [0.717, 1.165) is 34.2 Å². The Morgan fingerprint density at radius 2 is 1.81 bits per heavy atom. The van der Waals surface area contributed by atoms with E-state index >= 15 is 0 Å². The molecule has 0 bridgehead atoms. The number of sulfonamides is 1. The zero-order valence-electron chi connectivity index (χ0n) is 17.7. The van der Waals surface area contributed by atoms with Gasteiger partial charge in [-0.1, -0.05) is 54.1 Å². The fourth-order valence-electron chi connectivity index (χ4n) is 4.12. The molecule has 0 aromatic heterocycles. The van der Waals surface area contributed by atoms with Gasteiger partial charge in [-0.15, -0.1) is 0 Å². The molecule has 0 saturated carbocycles. The lowest BCUT2D eigenvalue weighted by Crippen LogP contribution is -2.31. The van der Waals surface area contributed by atoms with Crippen LogP contribution in [0.3, 0.4) is 0 Å². The van der Waals surface area contributed by atoms with Gasteiger partial charge in [-0.05, 0) is 66.6 Å². The first-order chi connectivity index (χ1) is 15.3. The van der Waals surface area contributed by atoms with Gasteiger partial charge in [0.1, 0.15) is 5.75 Å². The van der Waals surface area contributed by atoms with Crippen LogP contribution in [-0.2, 0) is 21.2 Å². The fourth-order valence-corrected chi connectivity index (χ4v) is 5.37. The minimum absolute atomic E-state index is 0.208. The summed E-state index contributed by atoms with van der Waals surface area (Å²) in [5, 5.41) is 8.90. The Morgan fingerprint density at radius 1 is 1.06 bits per heavy atom. The van der Waals surface area contributed by atoms with Crippen molar-refractivity contribution in [2.45, 2.75) is 37.1 Å². The van der Waals surface area contributed by atoms with Crippen LogP contribution in [0.25, 0.3) is 11.1 Å². The number of carboxylic acid groups (broad SMARTS) is 1. The number of nitrogens with one attached hydrogen (secondary N) is 1. The first-order valence-electron chi connectivity index (χ1n) is 10.5. The van der Waals surface area contributed by atoms with Crippen LogP contribution in [-0.4, -0.2) is 26.1 Å². The summed E-state index contributed by atoms with van der Waals surface area (Å²) in [5.74, 6) is -0.555. The van der Waals surface area contributed by atoms with Crippen molar-refractivity contribution in [2.24, 2.45) is 0 Å². The van der Waals surface area contributed by atoms with Gasteiger partial charge in [0.2, 0.25) is 10.0 Å². The highest BCUT2D eigenvalue weighted by atomic mass is 32.2. The standard InChI is InChI=1S/C25H25NO5S/c1-17-5-2-6-19(15-17)18-11-13-20(14-12-18)32(29,30)26-23-9-3-8-22-21(23)7-4-10-24(22)31-16-25(27)28/h2,4-7,10-15,23,26H,3,8-9,16H2,1H3,(H,27,28)/t23-/m1/s1. The van der Waals surface area contributed by atoms with Gasteiger partial charge in [0, 0.05) is 6.04 Å². The van der Waals surface area contributed by atoms with Crippen LogP contribution in [0.1, 0.15) is 35.6 Å². The fraction of sp³-hybridized carbons (Fsp3) is 0.240.